The number of aliphatic carboxylic acids is 1. The fourth-order valence-corrected chi connectivity index (χ4v) is 2.33. The molecule has 1 heterocycles. The smallest absolute Gasteiger partial charge is 0.310 e. The van der Waals surface area contributed by atoms with Gasteiger partial charge < -0.3 is 10.0 Å². The third-order valence-electron chi connectivity index (χ3n) is 3.26. The predicted octanol–water partition coefficient (Wildman–Crippen LogP) is 2.22. The van der Waals surface area contributed by atoms with Crippen molar-refractivity contribution in [3.05, 3.63) is 0 Å². The molecule has 1 aliphatic rings. The Morgan fingerprint density at radius 3 is 2.73 bits per heavy atom. The summed E-state index contributed by atoms with van der Waals surface area (Å²) in [6.07, 6.45) is 3.76. The van der Waals surface area contributed by atoms with Crippen molar-refractivity contribution in [2.24, 2.45) is 11.3 Å². The van der Waals surface area contributed by atoms with Gasteiger partial charge in [-0.3, -0.25) is 4.79 Å². The van der Waals surface area contributed by atoms with Crippen LogP contribution in [0, 0.1) is 11.3 Å². The Balaban J connectivity index is 2.38. The van der Waals surface area contributed by atoms with E-state index in [1.54, 1.807) is 0 Å². The van der Waals surface area contributed by atoms with Crippen LogP contribution in [-0.4, -0.2) is 35.6 Å². The number of hydrogen-bond acceptors (Lipinski definition) is 2. The van der Waals surface area contributed by atoms with Crippen LogP contribution in [0.25, 0.3) is 0 Å². The Kier molecular flexibility index (Phi) is 4.14. The van der Waals surface area contributed by atoms with E-state index >= 15 is 0 Å². The number of nitrogens with zero attached hydrogens (tertiary/aromatic N) is 1. The van der Waals surface area contributed by atoms with Gasteiger partial charge >= 0.3 is 5.97 Å². The Morgan fingerprint density at radius 2 is 2.20 bits per heavy atom. The molecular weight excluding hydrogens is 190 g/mol. The lowest BCUT2D eigenvalue weighted by Crippen LogP contribution is -2.38. The molecule has 1 unspecified atom stereocenters. The van der Waals surface area contributed by atoms with Crippen molar-refractivity contribution in [2.45, 2.75) is 40.0 Å². The fraction of sp³-hybridized carbons (Fsp3) is 0.917. The van der Waals surface area contributed by atoms with Crippen molar-refractivity contribution in [3.63, 3.8) is 0 Å². The predicted molar refractivity (Wildman–Crippen MR) is 60.9 cm³/mol. The standard InChI is InChI=1S/C12H23NO2/c1-4-5-10-6-7-13(8-10)9-12(2,3)11(14)15/h10H,4-9H2,1-3H3,(H,14,15). The zero-order valence-corrected chi connectivity index (χ0v) is 10.1. The molecule has 88 valence electrons. The van der Waals surface area contributed by atoms with Crippen LogP contribution >= 0.6 is 0 Å². The molecule has 0 aromatic heterocycles. The molecular formula is C12H23NO2. The fourth-order valence-electron chi connectivity index (χ4n) is 2.33. The quantitative estimate of drug-likeness (QED) is 0.761. The molecule has 3 heteroatoms. The zero-order valence-electron chi connectivity index (χ0n) is 10.1. The second kappa shape index (κ2) is 4.97. The highest BCUT2D eigenvalue weighted by Crippen LogP contribution is 2.25. The van der Waals surface area contributed by atoms with Crippen LogP contribution in [0.3, 0.4) is 0 Å². The third-order valence-corrected chi connectivity index (χ3v) is 3.26. The summed E-state index contributed by atoms with van der Waals surface area (Å²) in [5, 5.41) is 9.04. The van der Waals surface area contributed by atoms with E-state index in [4.69, 9.17) is 5.11 Å². The van der Waals surface area contributed by atoms with E-state index in [0.717, 1.165) is 19.0 Å². The summed E-state index contributed by atoms with van der Waals surface area (Å²) in [5.74, 6) is 0.0982. The first-order valence-corrected chi connectivity index (χ1v) is 5.91. The molecule has 0 saturated carbocycles. The summed E-state index contributed by atoms with van der Waals surface area (Å²) in [6, 6.07) is 0. The Hall–Kier alpha value is -0.570. The Bertz CT molecular complexity index is 226. The maximum Gasteiger partial charge on any atom is 0.310 e. The van der Waals surface area contributed by atoms with E-state index in [2.05, 4.69) is 11.8 Å². The molecule has 15 heavy (non-hydrogen) atoms. The van der Waals surface area contributed by atoms with Gasteiger partial charge in [0.1, 0.15) is 0 Å². The molecule has 1 saturated heterocycles. The van der Waals surface area contributed by atoms with Gasteiger partial charge in [0.15, 0.2) is 0 Å². The summed E-state index contributed by atoms with van der Waals surface area (Å²) in [6.45, 7) is 8.67. The minimum absolute atomic E-state index is 0.610. The van der Waals surface area contributed by atoms with Gasteiger partial charge in [-0.1, -0.05) is 13.3 Å². The number of likely N-dealkylation sites (tertiary alicyclic amines) is 1. The molecule has 1 atom stereocenters. The second-order valence-corrected chi connectivity index (χ2v) is 5.37. The van der Waals surface area contributed by atoms with Crippen LogP contribution in [0.4, 0.5) is 0 Å². The van der Waals surface area contributed by atoms with Gasteiger partial charge in [0.2, 0.25) is 0 Å². The normalized spacial score (nSPS) is 23.3. The molecule has 1 N–H and O–H groups in total. The largest absolute Gasteiger partial charge is 0.481 e. The summed E-state index contributed by atoms with van der Waals surface area (Å²) in [5.41, 5.74) is -0.610. The average Bonchev–Trinajstić information content (AvgIpc) is 2.52. The van der Waals surface area contributed by atoms with Crippen molar-refractivity contribution >= 4 is 5.97 Å². The van der Waals surface area contributed by atoms with Gasteiger partial charge in [0, 0.05) is 13.1 Å². The highest BCUT2D eigenvalue weighted by molar-refractivity contribution is 5.73. The minimum atomic E-state index is -0.693. The number of rotatable bonds is 5. The van der Waals surface area contributed by atoms with Crippen molar-refractivity contribution in [1.29, 1.82) is 0 Å². The molecule has 0 radical (unpaired) electrons. The highest BCUT2D eigenvalue weighted by Gasteiger charge is 2.32. The first-order chi connectivity index (χ1) is 6.95. The lowest BCUT2D eigenvalue weighted by atomic mass is 9.93. The van der Waals surface area contributed by atoms with Crippen molar-refractivity contribution < 1.29 is 9.90 Å². The van der Waals surface area contributed by atoms with Crippen molar-refractivity contribution in [1.82, 2.24) is 4.90 Å². The highest BCUT2D eigenvalue weighted by atomic mass is 16.4. The van der Waals surface area contributed by atoms with Crippen LogP contribution in [0.5, 0.6) is 0 Å². The molecule has 0 aliphatic carbocycles. The SMILES string of the molecule is CCCC1CCN(CC(C)(C)C(=O)O)C1. The first-order valence-electron chi connectivity index (χ1n) is 5.91. The zero-order chi connectivity index (χ0) is 11.5. The lowest BCUT2D eigenvalue weighted by Gasteiger charge is -2.26. The van der Waals surface area contributed by atoms with E-state index in [-0.39, 0.29) is 0 Å². The average molecular weight is 213 g/mol. The van der Waals surface area contributed by atoms with Crippen molar-refractivity contribution in [2.75, 3.05) is 19.6 Å². The van der Waals surface area contributed by atoms with E-state index in [9.17, 15) is 4.79 Å². The molecule has 0 amide bonds. The van der Waals surface area contributed by atoms with Gasteiger partial charge in [-0.15, -0.1) is 0 Å². The van der Waals surface area contributed by atoms with Crippen LogP contribution in [0.1, 0.15) is 40.0 Å². The van der Waals surface area contributed by atoms with Gasteiger partial charge in [0.05, 0.1) is 5.41 Å². The first kappa shape index (κ1) is 12.5. The molecule has 0 aromatic carbocycles. The summed E-state index contributed by atoms with van der Waals surface area (Å²) >= 11 is 0. The maximum absolute atomic E-state index is 11.0. The van der Waals surface area contributed by atoms with Crippen LogP contribution < -0.4 is 0 Å². The number of carboxylic acid groups (broad SMARTS) is 1. The van der Waals surface area contributed by atoms with Gasteiger partial charge in [-0.25, -0.2) is 0 Å². The second-order valence-electron chi connectivity index (χ2n) is 5.37. The monoisotopic (exact) mass is 213 g/mol. The van der Waals surface area contributed by atoms with Crippen LogP contribution in [0.15, 0.2) is 0 Å². The minimum Gasteiger partial charge on any atom is -0.481 e. The Labute approximate surface area is 92.5 Å². The molecule has 1 rings (SSSR count). The molecule has 0 spiro atoms. The number of carbonyl (C=O) groups is 1. The molecule has 0 bridgehead atoms. The van der Waals surface area contributed by atoms with Gasteiger partial charge in [-0.2, -0.15) is 0 Å². The maximum atomic E-state index is 11.0. The summed E-state index contributed by atoms with van der Waals surface area (Å²) < 4.78 is 0. The topological polar surface area (TPSA) is 40.5 Å². The van der Waals surface area contributed by atoms with Gasteiger partial charge in [-0.05, 0) is 39.2 Å². The van der Waals surface area contributed by atoms with Crippen LogP contribution in [0.2, 0.25) is 0 Å². The molecule has 0 aromatic rings. The molecule has 1 fully saturated rings. The number of carboxylic acids is 1. The van der Waals surface area contributed by atoms with E-state index in [1.807, 2.05) is 13.8 Å². The number of hydrogen-bond donors (Lipinski definition) is 1. The van der Waals surface area contributed by atoms with E-state index in [1.165, 1.54) is 19.3 Å². The van der Waals surface area contributed by atoms with Crippen molar-refractivity contribution in [3.8, 4) is 0 Å². The molecule has 3 nitrogen and oxygen atoms in total. The van der Waals surface area contributed by atoms with E-state index < -0.39 is 11.4 Å². The van der Waals surface area contributed by atoms with Crippen LogP contribution in [-0.2, 0) is 4.79 Å². The summed E-state index contributed by atoms with van der Waals surface area (Å²) in [7, 11) is 0. The van der Waals surface area contributed by atoms with Gasteiger partial charge in [0.25, 0.3) is 0 Å². The Morgan fingerprint density at radius 1 is 1.53 bits per heavy atom. The summed E-state index contributed by atoms with van der Waals surface area (Å²) in [4.78, 5) is 13.3. The third kappa shape index (κ3) is 3.49. The lowest BCUT2D eigenvalue weighted by molar-refractivity contribution is -0.147. The van der Waals surface area contributed by atoms with E-state index in [0.29, 0.717) is 6.54 Å². The molecule has 1 aliphatic heterocycles.